The SMILES string of the molecule is Cc1ccccc1-n1ncc2c(=O)n(CC(=O)N(Cc3ccccc3)C(C)C)cnc21. The van der Waals surface area contributed by atoms with Gasteiger partial charge in [0, 0.05) is 12.6 Å². The van der Waals surface area contributed by atoms with Crippen molar-refractivity contribution in [2.45, 2.75) is 39.9 Å². The van der Waals surface area contributed by atoms with Crippen LogP contribution in [0, 0.1) is 6.92 Å². The summed E-state index contributed by atoms with van der Waals surface area (Å²) in [7, 11) is 0. The highest BCUT2D eigenvalue weighted by Crippen LogP contribution is 2.17. The summed E-state index contributed by atoms with van der Waals surface area (Å²) in [5.41, 5.74) is 3.15. The van der Waals surface area contributed by atoms with E-state index in [4.69, 9.17) is 0 Å². The Morgan fingerprint density at radius 3 is 2.48 bits per heavy atom. The lowest BCUT2D eigenvalue weighted by molar-refractivity contribution is -0.134. The average molecular weight is 415 g/mol. The highest BCUT2D eigenvalue weighted by atomic mass is 16.2. The molecule has 0 fully saturated rings. The van der Waals surface area contributed by atoms with Crippen LogP contribution in [0.25, 0.3) is 16.7 Å². The molecule has 2 aromatic heterocycles. The van der Waals surface area contributed by atoms with Crippen LogP contribution in [0.15, 0.2) is 71.9 Å². The molecule has 7 heteroatoms. The molecule has 158 valence electrons. The van der Waals surface area contributed by atoms with Crippen LogP contribution in [-0.4, -0.2) is 36.2 Å². The van der Waals surface area contributed by atoms with E-state index in [-0.39, 0.29) is 24.1 Å². The topological polar surface area (TPSA) is 73.0 Å². The second-order valence-corrected chi connectivity index (χ2v) is 7.86. The Labute approximate surface area is 180 Å². The Kier molecular flexibility index (Phi) is 5.66. The van der Waals surface area contributed by atoms with Crippen molar-refractivity contribution in [3.8, 4) is 5.69 Å². The van der Waals surface area contributed by atoms with Crippen molar-refractivity contribution in [2.24, 2.45) is 0 Å². The van der Waals surface area contributed by atoms with E-state index in [1.807, 2.05) is 75.4 Å². The van der Waals surface area contributed by atoms with E-state index in [0.717, 1.165) is 16.8 Å². The lowest BCUT2D eigenvalue weighted by atomic mass is 10.2. The highest BCUT2D eigenvalue weighted by molar-refractivity contribution is 5.78. The third-order valence-electron chi connectivity index (χ3n) is 5.34. The number of aryl methyl sites for hydroxylation is 1. The van der Waals surface area contributed by atoms with Gasteiger partial charge in [-0.25, -0.2) is 9.67 Å². The average Bonchev–Trinajstić information content (AvgIpc) is 3.19. The standard InChI is InChI=1S/C24H25N5O2/c1-17(2)28(14-19-10-5-4-6-11-19)22(30)15-27-16-25-23-20(24(27)31)13-26-29(23)21-12-8-7-9-18(21)3/h4-13,16-17H,14-15H2,1-3H3. The van der Waals surface area contributed by atoms with Gasteiger partial charge in [0.15, 0.2) is 5.65 Å². The Morgan fingerprint density at radius 2 is 1.77 bits per heavy atom. The first-order valence-corrected chi connectivity index (χ1v) is 10.3. The van der Waals surface area contributed by atoms with Gasteiger partial charge in [-0.3, -0.25) is 14.2 Å². The molecule has 4 rings (SSSR count). The summed E-state index contributed by atoms with van der Waals surface area (Å²) in [5.74, 6) is -0.131. The number of benzene rings is 2. The first-order valence-electron chi connectivity index (χ1n) is 10.3. The number of rotatable bonds is 6. The Balaban J connectivity index is 1.63. The van der Waals surface area contributed by atoms with Crippen LogP contribution in [0.5, 0.6) is 0 Å². The third-order valence-corrected chi connectivity index (χ3v) is 5.34. The van der Waals surface area contributed by atoms with Gasteiger partial charge in [-0.05, 0) is 38.0 Å². The number of amides is 1. The van der Waals surface area contributed by atoms with Gasteiger partial charge in [-0.1, -0.05) is 48.5 Å². The summed E-state index contributed by atoms with van der Waals surface area (Å²) in [6, 6.07) is 17.6. The number of carbonyl (C=O) groups excluding carboxylic acids is 1. The molecule has 4 aromatic rings. The van der Waals surface area contributed by atoms with Crippen LogP contribution < -0.4 is 5.56 Å². The molecule has 0 unspecified atom stereocenters. The van der Waals surface area contributed by atoms with E-state index >= 15 is 0 Å². The minimum atomic E-state index is -0.276. The summed E-state index contributed by atoms with van der Waals surface area (Å²) in [5, 5.41) is 4.76. The molecule has 7 nitrogen and oxygen atoms in total. The van der Waals surface area contributed by atoms with Crippen LogP contribution in [0.4, 0.5) is 0 Å². The maximum Gasteiger partial charge on any atom is 0.264 e. The Bertz CT molecular complexity index is 1270. The van der Waals surface area contributed by atoms with Crippen LogP contribution in [0.3, 0.4) is 0 Å². The number of fused-ring (bicyclic) bond motifs is 1. The van der Waals surface area contributed by atoms with Crippen molar-refractivity contribution in [1.82, 2.24) is 24.2 Å². The van der Waals surface area contributed by atoms with Crippen LogP contribution in [0.1, 0.15) is 25.0 Å². The van der Waals surface area contributed by atoms with Gasteiger partial charge >= 0.3 is 0 Å². The zero-order chi connectivity index (χ0) is 22.0. The van der Waals surface area contributed by atoms with Crippen molar-refractivity contribution >= 4 is 16.9 Å². The van der Waals surface area contributed by atoms with Gasteiger partial charge in [0.25, 0.3) is 5.56 Å². The van der Waals surface area contributed by atoms with E-state index in [1.165, 1.54) is 17.1 Å². The zero-order valence-corrected chi connectivity index (χ0v) is 17.9. The normalized spacial score (nSPS) is 11.2. The molecular weight excluding hydrogens is 390 g/mol. The molecule has 2 aromatic carbocycles. The van der Waals surface area contributed by atoms with Crippen molar-refractivity contribution in [2.75, 3.05) is 0 Å². The lowest BCUT2D eigenvalue weighted by Gasteiger charge is -2.27. The largest absolute Gasteiger partial charge is 0.334 e. The van der Waals surface area contributed by atoms with E-state index in [9.17, 15) is 9.59 Å². The summed E-state index contributed by atoms with van der Waals surface area (Å²) in [6.45, 7) is 6.35. The van der Waals surface area contributed by atoms with Gasteiger partial charge in [0.05, 0.1) is 11.9 Å². The first-order chi connectivity index (χ1) is 15.0. The van der Waals surface area contributed by atoms with E-state index < -0.39 is 0 Å². The maximum absolute atomic E-state index is 13.0. The van der Waals surface area contributed by atoms with Crippen molar-refractivity contribution in [3.63, 3.8) is 0 Å². The van der Waals surface area contributed by atoms with Gasteiger partial charge in [-0.2, -0.15) is 5.10 Å². The van der Waals surface area contributed by atoms with Crippen LogP contribution in [0.2, 0.25) is 0 Å². The first kappa shape index (κ1) is 20.5. The number of aromatic nitrogens is 4. The smallest absolute Gasteiger partial charge is 0.264 e. The minimum absolute atomic E-state index is 0.00362. The third kappa shape index (κ3) is 4.12. The molecule has 0 saturated carbocycles. The van der Waals surface area contributed by atoms with Gasteiger partial charge in [0.2, 0.25) is 5.91 Å². The number of para-hydroxylation sites is 1. The molecular formula is C24H25N5O2. The second kappa shape index (κ2) is 8.55. The fourth-order valence-corrected chi connectivity index (χ4v) is 3.61. The van der Waals surface area contributed by atoms with E-state index in [2.05, 4.69) is 10.1 Å². The Morgan fingerprint density at radius 1 is 1.06 bits per heavy atom. The van der Waals surface area contributed by atoms with E-state index in [1.54, 1.807) is 9.58 Å². The highest BCUT2D eigenvalue weighted by Gasteiger charge is 2.20. The molecule has 0 spiro atoms. The molecule has 1 amide bonds. The predicted octanol–water partition coefficient (Wildman–Crippen LogP) is 3.33. The van der Waals surface area contributed by atoms with Gasteiger partial charge in [0.1, 0.15) is 18.3 Å². The predicted molar refractivity (Wildman–Crippen MR) is 120 cm³/mol. The fraction of sp³-hybridized carbons (Fsp3) is 0.250. The monoisotopic (exact) mass is 415 g/mol. The Hall–Kier alpha value is -3.74. The molecule has 0 saturated heterocycles. The molecule has 0 radical (unpaired) electrons. The van der Waals surface area contributed by atoms with Crippen molar-refractivity contribution in [3.05, 3.63) is 88.6 Å². The maximum atomic E-state index is 13.0. The quantitative estimate of drug-likeness (QED) is 0.484. The number of carbonyl (C=O) groups is 1. The molecule has 31 heavy (non-hydrogen) atoms. The number of nitrogens with zero attached hydrogens (tertiary/aromatic N) is 5. The summed E-state index contributed by atoms with van der Waals surface area (Å²) in [6.07, 6.45) is 2.95. The summed E-state index contributed by atoms with van der Waals surface area (Å²) >= 11 is 0. The van der Waals surface area contributed by atoms with Crippen molar-refractivity contribution in [1.29, 1.82) is 0 Å². The molecule has 0 aliphatic carbocycles. The molecule has 0 atom stereocenters. The van der Waals surface area contributed by atoms with Crippen molar-refractivity contribution < 1.29 is 4.79 Å². The second-order valence-electron chi connectivity index (χ2n) is 7.86. The number of hydrogen-bond acceptors (Lipinski definition) is 4. The summed E-state index contributed by atoms with van der Waals surface area (Å²) < 4.78 is 3.02. The van der Waals surface area contributed by atoms with E-state index in [0.29, 0.717) is 17.6 Å². The van der Waals surface area contributed by atoms with Gasteiger partial charge in [-0.15, -0.1) is 0 Å². The van der Waals surface area contributed by atoms with Crippen LogP contribution in [-0.2, 0) is 17.9 Å². The lowest BCUT2D eigenvalue weighted by Crippen LogP contribution is -2.40. The zero-order valence-electron chi connectivity index (χ0n) is 17.9. The van der Waals surface area contributed by atoms with Gasteiger partial charge < -0.3 is 4.90 Å². The molecule has 0 aliphatic heterocycles. The molecule has 2 heterocycles. The van der Waals surface area contributed by atoms with Crippen LogP contribution >= 0.6 is 0 Å². The molecule has 0 aliphatic rings. The molecule has 0 bridgehead atoms. The number of hydrogen-bond donors (Lipinski definition) is 0. The summed E-state index contributed by atoms with van der Waals surface area (Å²) in [4.78, 5) is 32.3. The molecule has 0 N–H and O–H groups in total. The minimum Gasteiger partial charge on any atom is -0.334 e. The fourth-order valence-electron chi connectivity index (χ4n) is 3.61.